The molecule has 14 heavy (non-hydrogen) atoms. The molecule has 0 amide bonds. The molecule has 3 N–H and O–H groups in total. The maximum atomic E-state index is 11.1. The van der Waals surface area contributed by atoms with Crippen LogP contribution in [-0.4, -0.2) is 29.7 Å². The number of carboxylic acid groups (broad SMARTS) is 1. The minimum atomic E-state index is -0.961. The summed E-state index contributed by atoms with van der Waals surface area (Å²) < 4.78 is 4.84. The highest BCUT2D eigenvalue weighted by molar-refractivity contribution is 5.76. The van der Waals surface area contributed by atoms with Gasteiger partial charge in [-0.25, -0.2) is 0 Å². The monoisotopic (exact) mass is 203 g/mol. The maximum absolute atomic E-state index is 11.1. The fourth-order valence-corrected chi connectivity index (χ4v) is 0.753. The molecule has 0 aliphatic carbocycles. The van der Waals surface area contributed by atoms with Crippen LogP contribution in [0.1, 0.15) is 26.7 Å². The van der Waals surface area contributed by atoms with Crippen molar-refractivity contribution in [2.45, 2.75) is 32.7 Å². The first-order valence-electron chi connectivity index (χ1n) is 4.57. The molecule has 0 aliphatic rings. The second-order valence-electron chi connectivity index (χ2n) is 3.56. The van der Waals surface area contributed by atoms with Crippen molar-refractivity contribution in [1.82, 2.24) is 0 Å². The Morgan fingerprint density at radius 3 is 2.43 bits per heavy atom. The van der Waals surface area contributed by atoms with Crippen LogP contribution in [0.4, 0.5) is 0 Å². The molecule has 0 radical (unpaired) electrons. The topological polar surface area (TPSA) is 89.6 Å². The van der Waals surface area contributed by atoms with Crippen molar-refractivity contribution in [1.29, 1.82) is 0 Å². The predicted molar refractivity (Wildman–Crippen MR) is 50.6 cm³/mol. The van der Waals surface area contributed by atoms with Crippen LogP contribution < -0.4 is 5.73 Å². The summed E-state index contributed by atoms with van der Waals surface area (Å²) in [6.45, 7) is 4.14. The van der Waals surface area contributed by atoms with Crippen LogP contribution in [0, 0.1) is 5.92 Å². The summed E-state index contributed by atoms with van der Waals surface area (Å²) in [6.07, 6.45) is 0.00417. The van der Waals surface area contributed by atoms with Crippen molar-refractivity contribution >= 4 is 11.9 Å². The first kappa shape index (κ1) is 12.9. The summed E-state index contributed by atoms with van der Waals surface area (Å²) in [6, 6.07) is -0.829. The zero-order valence-corrected chi connectivity index (χ0v) is 8.53. The third-order valence-electron chi connectivity index (χ3n) is 1.53. The molecule has 5 heteroatoms. The van der Waals surface area contributed by atoms with Crippen molar-refractivity contribution in [3.63, 3.8) is 0 Å². The lowest BCUT2D eigenvalue weighted by Crippen LogP contribution is -2.33. The van der Waals surface area contributed by atoms with Gasteiger partial charge in [0, 0.05) is 6.42 Å². The lowest BCUT2D eigenvalue weighted by molar-refractivity contribution is -0.146. The van der Waals surface area contributed by atoms with Gasteiger partial charge in [0.25, 0.3) is 0 Å². The molecular formula is C9H17NO4. The van der Waals surface area contributed by atoms with Crippen LogP contribution in [0.25, 0.3) is 0 Å². The zero-order valence-electron chi connectivity index (χ0n) is 8.53. The van der Waals surface area contributed by atoms with Gasteiger partial charge >= 0.3 is 11.9 Å². The molecule has 0 saturated carbocycles. The van der Waals surface area contributed by atoms with Crippen LogP contribution in [0.2, 0.25) is 0 Å². The number of rotatable bonds is 6. The van der Waals surface area contributed by atoms with Crippen LogP contribution in [-0.2, 0) is 14.3 Å². The van der Waals surface area contributed by atoms with E-state index in [4.69, 9.17) is 15.6 Å². The lowest BCUT2D eigenvalue weighted by Gasteiger charge is -2.11. The molecule has 0 aromatic heterocycles. The van der Waals surface area contributed by atoms with Gasteiger partial charge in [0.05, 0.1) is 6.61 Å². The average molecular weight is 203 g/mol. The molecule has 1 unspecified atom stereocenters. The minimum absolute atomic E-state index is 0.113. The molecular weight excluding hydrogens is 186 g/mol. The van der Waals surface area contributed by atoms with Crippen molar-refractivity contribution in [2.24, 2.45) is 11.7 Å². The molecule has 82 valence electrons. The van der Waals surface area contributed by atoms with Crippen LogP contribution in [0.15, 0.2) is 0 Å². The Balaban J connectivity index is 3.70. The third-order valence-corrected chi connectivity index (χ3v) is 1.53. The molecule has 0 spiro atoms. The highest BCUT2D eigenvalue weighted by atomic mass is 16.5. The number of hydrogen-bond acceptors (Lipinski definition) is 4. The van der Waals surface area contributed by atoms with Gasteiger partial charge in [-0.3, -0.25) is 9.59 Å². The maximum Gasteiger partial charge on any atom is 0.322 e. The molecule has 0 bridgehead atoms. The smallest absolute Gasteiger partial charge is 0.322 e. The van der Waals surface area contributed by atoms with E-state index in [1.165, 1.54) is 0 Å². The summed E-state index contributed by atoms with van der Waals surface area (Å²) in [7, 11) is 0. The quantitative estimate of drug-likeness (QED) is 0.609. The number of carbonyl (C=O) groups is 2. The van der Waals surface area contributed by atoms with Crippen LogP contribution >= 0.6 is 0 Å². The Morgan fingerprint density at radius 2 is 2.00 bits per heavy atom. The number of carbonyl (C=O) groups excluding carboxylic acids is 1. The molecule has 0 aromatic rings. The first-order valence-corrected chi connectivity index (χ1v) is 4.57. The molecule has 0 heterocycles. The van der Waals surface area contributed by atoms with E-state index < -0.39 is 18.0 Å². The van der Waals surface area contributed by atoms with Gasteiger partial charge in [-0.05, 0) is 12.3 Å². The second-order valence-corrected chi connectivity index (χ2v) is 3.56. The SMILES string of the molecule is CC(C)COC(=O)C(N)CCC(=O)O. The van der Waals surface area contributed by atoms with E-state index in [1.807, 2.05) is 13.8 Å². The number of nitrogens with two attached hydrogens (primary N) is 1. The Kier molecular flexibility index (Phi) is 5.87. The van der Waals surface area contributed by atoms with E-state index in [-0.39, 0.29) is 18.8 Å². The summed E-state index contributed by atoms with van der Waals surface area (Å²) in [5.74, 6) is -1.23. The summed E-state index contributed by atoms with van der Waals surface area (Å²) in [5, 5.41) is 8.35. The number of carboxylic acids is 1. The van der Waals surface area contributed by atoms with Crippen LogP contribution in [0.3, 0.4) is 0 Å². The van der Waals surface area contributed by atoms with Crippen molar-refractivity contribution < 1.29 is 19.4 Å². The van der Waals surface area contributed by atoms with E-state index in [1.54, 1.807) is 0 Å². The fourth-order valence-electron chi connectivity index (χ4n) is 0.753. The van der Waals surface area contributed by atoms with Gasteiger partial charge in [-0.1, -0.05) is 13.8 Å². The van der Waals surface area contributed by atoms with Crippen molar-refractivity contribution in [3.8, 4) is 0 Å². The summed E-state index contributed by atoms with van der Waals surface area (Å²) in [5.41, 5.74) is 5.41. The van der Waals surface area contributed by atoms with Crippen molar-refractivity contribution in [2.75, 3.05) is 6.61 Å². The molecule has 0 aromatic carbocycles. The van der Waals surface area contributed by atoms with Gasteiger partial charge in [0.2, 0.25) is 0 Å². The average Bonchev–Trinajstić information content (AvgIpc) is 2.09. The summed E-state index contributed by atoms with van der Waals surface area (Å²) in [4.78, 5) is 21.3. The Bertz CT molecular complexity index is 203. The highest BCUT2D eigenvalue weighted by Crippen LogP contribution is 1.99. The minimum Gasteiger partial charge on any atom is -0.481 e. The zero-order chi connectivity index (χ0) is 11.1. The van der Waals surface area contributed by atoms with E-state index in [9.17, 15) is 9.59 Å². The number of aliphatic carboxylic acids is 1. The Hall–Kier alpha value is -1.10. The Labute approximate surface area is 83.2 Å². The fraction of sp³-hybridized carbons (Fsp3) is 0.778. The number of esters is 1. The molecule has 0 saturated heterocycles. The first-order chi connectivity index (χ1) is 6.43. The third kappa shape index (κ3) is 6.42. The van der Waals surface area contributed by atoms with Crippen LogP contribution in [0.5, 0.6) is 0 Å². The largest absolute Gasteiger partial charge is 0.481 e. The van der Waals surface area contributed by atoms with E-state index in [2.05, 4.69) is 0 Å². The number of hydrogen-bond donors (Lipinski definition) is 2. The van der Waals surface area contributed by atoms with Gasteiger partial charge in [0.15, 0.2) is 0 Å². The molecule has 0 aliphatic heterocycles. The molecule has 5 nitrogen and oxygen atoms in total. The molecule has 1 atom stereocenters. The Morgan fingerprint density at radius 1 is 1.43 bits per heavy atom. The lowest BCUT2D eigenvalue weighted by atomic mass is 10.2. The second kappa shape index (κ2) is 6.37. The normalized spacial score (nSPS) is 12.6. The van der Waals surface area contributed by atoms with Crippen molar-refractivity contribution in [3.05, 3.63) is 0 Å². The highest BCUT2D eigenvalue weighted by Gasteiger charge is 2.16. The van der Waals surface area contributed by atoms with E-state index in [0.29, 0.717) is 6.61 Å². The van der Waals surface area contributed by atoms with Gasteiger partial charge in [0.1, 0.15) is 6.04 Å². The number of ether oxygens (including phenoxy) is 1. The van der Waals surface area contributed by atoms with Gasteiger partial charge < -0.3 is 15.6 Å². The molecule has 0 rings (SSSR count). The van der Waals surface area contributed by atoms with Gasteiger partial charge in [-0.2, -0.15) is 0 Å². The van der Waals surface area contributed by atoms with E-state index >= 15 is 0 Å². The molecule has 0 fully saturated rings. The predicted octanol–water partition coefficient (Wildman–Crippen LogP) is 0.378. The summed E-state index contributed by atoms with van der Waals surface area (Å²) >= 11 is 0. The van der Waals surface area contributed by atoms with E-state index in [0.717, 1.165) is 0 Å². The standard InChI is InChI=1S/C9H17NO4/c1-6(2)5-14-9(13)7(10)3-4-8(11)12/h6-7H,3-5,10H2,1-2H3,(H,11,12). The van der Waals surface area contributed by atoms with Gasteiger partial charge in [-0.15, -0.1) is 0 Å².